The molecule has 2 aromatic rings. The van der Waals surface area contributed by atoms with Gasteiger partial charge >= 0.3 is 5.97 Å². The minimum absolute atomic E-state index is 0.285. The Morgan fingerprint density at radius 1 is 1.48 bits per heavy atom. The fourth-order valence-electron chi connectivity index (χ4n) is 1.88. The first-order valence-corrected chi connectivity index (χ1v) is 8.03. The van der Waals surface area contributed by atoms with E-state index in [1.165, 1.54) is 18.0 Å². The Labute approximate surface area is 138 Å². The number of rotatable bonds is 6. The molecule has 0 bridgehead atoms. The molecule has 0 fully saturated rings. The average molecular weight is 331 g/mol. The van der Waals surface area contributed by atoms with Gasteiger partial charge in [-0.25, -0.2) is 9.78 Å². The van der Waals surface area contributed by atoms with Crippen LogP contribution in [0.3, 0.4) is 0 Å². The molecule has 1 aromatic carbocycles. The summed E-state index contributed by atoms with van der Waals surface area (Å²) in [5.74, 6) is -0.111. The maximum Gasteiger partial charge on any atom is 0.356 e. The Bertz CT molecular complexity index is 717. The quantitative estimate of drug-likeness (QED) is 0.623. The number of H-pyrrole nitrogens is 1. The number of esters is 1. The lowest BCUT2D eigenvalue weighted by molar-refractivity contribution is 0.0519. The molecule has 0 spiro atoms. The van der Waals surface area contributed by atoms with Crippen molar-refractivity contribution in [2.24, 2.45) is 0 Å². The lowest BCUT2D eigenvalue weighted by atomic mass is 9.97. The molecule has 0 saturated heterocycles. The number of nitriles is 1. The first kappa shape index (κ1) is 17.1. The van der Waals surface area contributed by atoms with Crippen LogP contribution in [0.4, 0.5) is 0 Å². The van der Waals surface area contributed by atoms with Crippen molar-refractivity contribution >= 4 is 17.7 Å². The summed E-state index contributed by atoms with van der Waals surface area (Å²) in [7, 11) is 0. The normalized spacial score (nSPS) is 13.1. The maximum atomic E-state index is 11.6. The molecule has 120 valence electrons. The number of imidazole rings is 1. The molecule has 0 aliphatic heterocycles. The van der Waals surface area contributed by atoms with Crippen LogP contribution in [-0.2, 0) is 10.3 Å². The predicted molar refractivity (Wildman–Crippen MR) is 86.0 cm³/mol. The number of benzene rings is 1. The number of nitrogens with one attached hydrogen (secondary N) is 1. The van der Waals surface area contributed by atoms with Crippen LogP contribution in [0.1, 0.15) is 35.5 Å². The third-order valence-electron chi connectivity index (χ3n) is 3.17. The van der Waals surface area contributed by atoms with E-state index in [0.29, 0.717) is 28.6 Å². The zero-order valence-electron chi connectivity index (χ0n) is 12.9. The smallest absolute Gasteiger partial charge is 0.356 e. The first-order valence-electron chi connectivity index (χ1n) is 7.04. The number of nitrogens with zero attached hydrogens (tertiary/aromatic N) is 2. The molecule has 0 saturated carbocycles. The second-order valence-electron chi connectivity index (χ2n) is 5.07. The van der Waals surface area contributed by atoms with Gasteiger partial charge in [0.05, 0.1) is 30.0 Å². The van der Waals surface area contributed by atoms with E-state index in [-0.39, 0.29) is 5.69 Å². The predicted octanol–water partition coefficient (Wildman–Crippen LogP) is 2.46. The molecular weight excluding hydrogens is 314 g/mol. The number of hydrogen-bond acceptors (Lipinski definition) is 6. The van der Waals surface area contributed by atoms with Crippen LogP contribution in [0.25, 0.3) is 0 Å². The summed E-state index contributed by atoms with van der Waals surface area (Å²) in [4.78, 5) is 18.5. The van der Waals surface area contributed by atoms with Crippen molar-refractivity contribution in [3.05, 3.63) is 47.3 Å². The molecular formula is C16H17N3O3S. The molecule has 1 unspecified atom stereocenters. The van der Waals surface area contributed by atoms with Gasteiger partial charge in [0.2, 0.25) is 0 Å². The molecule has 6 nitrogen and oxygen atoms in total. The third kappa shape index (κ3) is 4.34. The summed E-state index contributed by atoms with van der Waals surface area (Å²) in [5.41, 5.74) is 0.450. The Morgan fingerprint density at radius 2 is 2.17 bits per heavy atom. The summed E-state index contributed by atoms with van der Waals surface area (Å²) in [5, 5.41) is 19.9. The van der Waals surface area contributed by atoms with Gasteiger partial charge in [0, 0.05) is 5.75 Å². The minimum Gasteiger partial charge on any atom is -0.461 e. The lowest BCUT2D eigenvalue weighted by Gasteiger charge is -2.22. The Kier molecular flexibility index (Phi) is 5.42. The van der Waals surface area contributed by atoms with E-state index < -0.39 is 11.6 Å². The molecule has 7 heteroatoms. The van der Waals surface area contributed by atoms with Gasteiger partial charge in [-0.1, -0.05) is 23.9 Å². The largest absolute Gasteiger partial charge is 0.461 e. The number of hydrogen-bond donors (Lipinski definition) is 2. The van der Waals surface area contributed by atoms with Crippen molar-refractivity contribution in [3.63, 3.8) is 0 Å². The highest BCUT2D eigenvalue weighted by molar-refractivity contribution is 7.99. The topological polar surface area (TPSA) is 99.0 Å². The summed E-state index contributed by atoms with van der Waals surface area (Å²) in [6.07, 6.45) is 1.41. The number of carbonyl (C=O) groups is 1. The van der Waals surface area contributed by atoms with Crippen LogP contribution in [0.5, 0.6) is 0 Å². The molecule has 0 aliphatic carbocycles. The summed E-state index contributed by atoms with van der Waals surface area (Å²) in [6.45, 7) is 3.73. The summed E-state index contributed by atoms with van der Waals surface area (Å²) >= 11 is 1.30. The summed E-state index contributed by atoms with van der Waals surface area (Å²) < 4.78 is 4.88. The maximum absolute atomic E-state index is 11.6. The Morgan fingerprint density at radius 3 is 2.78 bits per heavy atom. The van der Waals surface area contributed by atoms with Crippen molar-refractivity contribution < 1.29 is 14.6 Å². The van der Waals surface area contributed by atoms with E-state index in [9.17, 15) is 9.90 Å². The summed E-state index contributed by atoms with van der Waals surface area (Å²) in [6, 6.07) is 8.83. The number of carbonyl (C=O) groups excluding carboxylic acids is 1. The fourth-order valence-corrected chi connectivity index (χ4v) is 2.78. The van der Waals surface area contributed by atoms with E-state index >= 15 is 0 Å². The highest BCUT2D eigenvalue weighted by Crippen LogP contribution is 2.28. The molecule has 2 N–H and O–H groups in total. The Balaban J connectivity index is 2.01. The average Bonchev–Trinajstić information content (AvgIpc) is 3.02. The molecule has 0 aliphatic rings. The second kappa shape index (κ2) is 7.31. The van der Waals surface area contributed by atoms with Crippen LogP contribution < -0.4 is 0 Å². The van der Waals surface area contributed by atoms with E-state index in [1.807, 2.05) is 6.07 Å². The van der Waals surface area contributed by atoms with E-state index in [2.05, 4.69) is 9.97 Å². The van der Waals surface area contributed by atoms with Crippen molar-refractivity contribution in [1.29, 1.82) is 5.26 Å². The van der Waals surface area contributed by atoms with Gasteiger partial charge in [-0.3, -0.25) is 0 Å². The Hall–Kier alpha value is -2.30. The molecule has 1 aromatic heterocycles. The molecule has 1 heterocycles. The van der Waals surface area contributed by atoms with Crippen molar-refractivity contribution in [2.75, 3.05) is 12.4 Å². The monoisotopic (exact) mass is 331 g/mol. The molecule has 0 amide bonds. The molecule has 1 atom stereocenters. The van der Waals surface area contributed by atoms with Crippen molar-refractivity contribution in [1.82, 2.24) is 9.97 Å². The number of aliphatic hydroxyl groups is 1. The number of thioether (sulfide) groups is 1. The zero-order chi connectivity index (χ0) is 16.9. The third-order valence-corrected chi connectivity index (χ3v) is 4.36. The zero-order valence-corrected chi connectivity index (χ0v) is 13.7. The minimum atomic E-state index is -1.09. The van der Waals surface area contributed by atoms with Gasteiger partial charge in [0.25, 0.3) is 0 Å². The first-order chi connectivity index (χ1) is 11.0. The highest BCUT2D eigenvalue weighted by atomic mass is 32.2. The van der Waals surface area contributed by atoms with Crippen molar-refractivity contribution in [2.45, 2.75) is 24.6 Å². The van der Waals surface area contributed by atoms with Crippen LogP contribution in [-0.4, -0.2) is 33.4 Å². The standard InChI is InChI=1S/C16H17N3O3S/c1-3-22-14(20)13-9-18-15(19-13)23-10-16(2,21)12-6-4-11(8-17)5-7-12/h4-7,9,21H,3,10H2,1-2H3,(H,18,19). The lowest BCUT2D eigenvalue weighted by Crippen LogP contribution is -2.24. The van der Waals surface area contributed by atoms with Crippen LogP contribution in [0.2, 0.25) is 0 Å². The number of aromatic nitrogens is 2. The molecule has 23 heavy (non-hydrogen) atoms. The van der Waals surface area contributed by atoms with Gasteiger partial charge in [-0.05, 0) is 31.5 Å². The van der Waals surface area contributed by atoms with Gasteiger partial charge < -0.3 is 14.8 Å². The van der Waals surface area contributed by atoms with Crippen molar-refractivity contribution in [3.8, 4) is 6.07 Å². The van der Waals surface area contributed by atoms with Gasteiger partial charge in [0.1, 0.15) is 5.69 Å². The van der Waals surface area contributed by atoms with Gasteiger partial charge in [0.15, 0.2) is 5.16 Å². The fraction of sp³-hybridized carbons (Fsp3) is 0.312. The van der Waals surface area contributed by atoms with Crippen LogP contribution >= 0.6 is 11.8 Å². The van der Waals surface area contributed by atoms with E-state index in [4.69, 9.17) is 10.00 Å². The number of aromatic amines is 1. The molecule has 0 radical (unpaired) electrons. The SMILES string of the molecule is CCOC(=O)c1cnc(SCC(C)(O)c2ccc(C#N)cc2)[nH]1. The van der Waals surface area contributed by atoms with Gasteiger partial charge in [-0.15, -0.1) is 0 Å². The van der Waals surface area contributed by atoms with Crippen LogP contribution in [0.15, 0.2) is 35.6 Å². The van der Waals surface area contributed by atoms with Gasteiger partial charge in [-0.2, -0.15) is 5.26 Å². The highest BCUT2D eigenvalue weighted by Gasteiger charge is 2.24. The molecule has 2 rings (SSSR count). The van der Waals surface area contributed by atoms with E-state index in [0.717, 1.165) is 0 Å². The second-order valence-corrected chi connectivity index (χ2v) is 6.04. The van der Waals surface area contributed by atoms with E-state index in [1.54, 1.807) is 38.1 Å². The van der Waals surface area contributed by atoms with Crippen LogP contribution in [0, 0.1) is 11.3 Å². The number of ether oxygens (including phenoxy) is 1.